The summed E-state index contributed by atoms with van der Waals surface area (Å²) in [6, 6.07) is 0. The first-order valence-electron chi connectivity index (χ1n) is 9.71. The highest BCUT2D eigenvalue weighted by Gasteiger charge is 2.45. The van der Waals surface area contributed by atoms with Crippen molar-refractivity contribution >= 4 is 5.91 Å². The Morgan fingerprint density at radius 3 is 2.08 bits per heavy atom. The van der Waals surface area contributed by atoms with Gasteiger partial charge in [-0.25, -0.2) is 0 Å². The average molecular weight is 352 g/mol. The fraction of sp³-hybridized carbons (Fsp3) is 0.800. The van der Waals surface area contributed by atoms with Crippen LogP contribution in [-0.2, 0) is 6.42 Å². The molecule has 0 saturated carbocycles. The summed E-state index contributed by atoms with van der Waals surface area (Å²) in [6.07, 6.45) is 3.89. The number of carbonyl (C=O) groups excluding carboxylic acids is 1. The van der Waals surface area contributed by atoms with Gasteiger partial charge in [0.15, 0.2) is 5.69 Å². The second-order valence-corrected chi connectivity index (χ2v) is 7.63. The van der Waals surface area contributed by atoms with Crippen molar-refractivity contribution in [3.63, 3.8) is 0 Å². The van der Waals surface area contributed by atoms with Crippen LogP contribution in [-0.4, -0.2) is 40.1 Å². The van der Waals surface area contributed by atoms with Gasteiger partial charge >= 0.3 is 0 Å². The maximum Gasteiger partial charge on any atom is 0.274 e. The Kier molecular flexibility index (Phi) is 7.66. The molecule has 1 aromatic rings. The average Bonchev–Trinajstić information content (AvgIpc) is 2.94. The molecule has 144 valence electrons. The van der Waals surface area contributed by atoms with Gasteiger partial charge in [-0.05, 0) is 60.0 Å². The molecule has 0 spiro atoms. The van der Waals surface area contributed by atoms with Crippen molar-refractivity contribution in [1.29, 1.82) is 0 Å². The number of nitrogens with one attached hydrogen (secondary N) is 1. The molecule has 0 radical (unpaired) electrons. The van der Waals surface area contributed by atoms with Gasteiger partial charge in [0, 0.05) is 17.5 Å². The molecule has 0 saturated heterocycles. The predicted molar refractivity (Wildman–Crippen MR) is 103 cm³/mol. The lowest BCUT2D eigenvalue weighted by molar-refractivity contribution is 0.0196. The standard InChI is InChI=1S/C20H37N3O2/c1-9-13-23(14-10-2)20(8,12-4)19(6,7)21-18(24)17-15(5)16(11-3)25-22-17/h9-14H2,1-8H3,(H,21,24). The zero-order valence-corrected chi connectivity index (χ0v) is 17.5. The fourth-order valence-electron chi connectivity index (χ4n) is 3.59. The molecule has 5 nitrogen and oxygen atoms in total. The molecule has 5 heteroatoms. The molecule has 1 N–H and O–H groups in total. The summed E-state index contributed by atoms with van der Waals surface area (Å²) in [5.74, 6) is 0.623. The Labute approximate surface area is 153 Å². The lowest BCUT2D eigenvalue weighted by atomic mass is 9.76. The van der Waals surface area contributed by atoms with E-state index in [4.69, 9.17) is 4.52 Å². The van der Waals surface area contributed by atoms with Crippen LogP contribution in [0.15, 0.2) is 4.52 Å². The monoisotopic (exact) mass is 351 g/mol. The first-order valence-corrected chi connectivity index (χ1v) is 9.71. The zero-order chi connectivity index (χ0) is 19.3. The van der Waals surface area contributed by atoms with E-state index in [1.54, 1.807) is 0 Å². The summed E-state index contributed by atoms with van der Waals surface area (Å²) in [7, 11) is 0. The van der Waals surface area contributed by atoms with Crippen molar-refractivity contribution in [3.8, 4) is 0 Å². The maximum absolute atomic E-state index is 12.9. The Bertz CT molecular complexity index is 559. The largest absolute Gasteiger partial charge is 0.360 e. The second-order valence-electron chi connectivity index (χ2n) is 7.63. The lowest BCUT2D eigenvalue weighted by Crippen LogP contribution is -2.67. The topological polar surface area (TPSA) is 58.4 Å². The van der Waals surface area contributed by atoms with E-state index in [2.05, 4.69) is 56.9 Å². The highest BCUT2D eigenvalue weighted by molar-refractivity contribution is 5.94. The van der Waals surface area contributed by atoms with Crippen LogP contribution in [0.3, 0.4) is 0 Å². The van der Waals surface area contributed by atoms with E-state index in [0.29, 0.717) is 5.69 Å². The third-order valence-electron chi connectivity index (χ3n) is 5.70. The Hall–Kier alpha value is -1.36. The second kappa shape index (κ2) is 8.84. The molecular formula is C20H37N3O2. The molecule has 0 aliphatic rings. The number of hydrogen-bond acceptors (Lipinski definition) is 4. The number of amides is 1. The minimum absolute atomic E-state index is 0.139. The van der Waals surface area contributed by atoms with Gasteiger partial charge in [-0.3, -0.25) is 9.69 Å². The van der Waals surface area contributed by atoms with Crippen LogP contribution in [0.5, 0.6) is 0 Å². The molecule has 0 fully saturated rings. The van der Waals surface area contributed by atoms with E-state index in [1.165, 1.54) is 0 Å². The number of aryl methyl sites for hydroxylation is 1. The third-order valence-corrected chi connectivity index (χ3v) is 5.70. The van der Waals surface area contributed by atoms with E-state index < -0.39 is 5.54 Å². The summed E-state index contributed by atoms with van der Waals surface area (Å²) >= 11 is 0. The van der Waals surface area contributed by atoms with Crippen LogP contribution in [0.2, 0.25) is 0 Å². The summed E-state index contributed by atoms with van der Waals surface area (Å²) in [5.41, 5.74) is 0.704. The predicted octanol–water partition coefficient (Wildman–Crippen LogP) is 4.34. The van der Waals surface area contributed by atoms with Crippen LogP contribution in [0, 0.1) is 6.92 Å². The molecule has 1 rings (SSSR count). The van der Waals surface area contributed by atoms with Gasteiger partial charge in [0.25, 0.3) is 5.91 Å². The van der Waals surface area contributed by atoms with Crippen LogP contribution < -0.4 is 5.32 Å². The van der Waals surface area contributed by atoms with Crippen LogP contribution >= 0.6 is 0 Å². The molecule has 1 heterocycles. The van der Waals surface area contributed by atoms with E-state index in [0.717, 1.165) is 50.1 Å². The van der Waals surface area contributed by atoms with Crippen molar-refractivity contribution in [2.24, 2.45) is 0 Å². The highest BCUT2D eigenvalue weighted by Crippen LogP contribution is 2.33. The summed E-state index contributed by atoms with van der Waals surface area (Å²) < 4.78 is 5.30. The van der Waals surface area contributed by atoms with Gasteiger partial charge in [0.1, 0.15) is 5.76 Å². The highest BCUT2D eigenvalue weighted by atomic mass is 16.5. The molecule has 0 aliphatic carbocycles. The van der Waals surface area contributed by atoms with Gasteiger partial charge in [0.2, 0.25) is 0 Å². The molecule has 1 unspecified atom stereocenters. The number of aromatic nitrogens is 1. The Morgan fingerprint density at radius 2 is 1.68 bits per heavy atom. The maximum atomic E-state index is 12.9. The quantitative estimate of drug-likeness (QED) is 0.681. The minimum atomic E-state index is -0.402. The molecular weight excluding hydrogens is 314 g/mol. The molecule has 1 aromatic heterocycles. The molecule has 1 atom stereocenters. The first kappa shape index (κ1) is 21.7. The Balaban J connectivity index is 3.09. The SMILES string of the molecule is CCCN(CCC)C(C)(CC)C(C)(C)NC(=O)c1noc(CC)c1C. The molecule has 0 aromatic carbocycles. The van der Waals surface area contributed by atoms with Gasteiger partial charge < -0.3 is 9.84 Å². The van der Waals surface area contributed by atoms with Crippen LogP contribution in [0.25, 0.3) is 0 Å². The minimum Gasteiger partial charge on any atom is -0.360 e. The smallest absolute Gasteiger partial charge is 0.274 e. The normalized spacial score (nSPS) is 14.6. The van der Waals surface area contributed by atoms with Crippen LogP contribution in [0.1, 0.15) is 89.5 Å². The van der Waals surface area contributed by atoms with Crippen molar-refractivity contribution in [2.45, 2.75) is 92.2 Å². The number of hydrogen-bond donors (Lipinski definition) is 1. The zero-order valence-electron chi connectivity index (χ0n) is 17.5. The fourth-order valence-corrected chi connectivity index (χ4v) is 3.59. The molecule has 1 amide bonds. The van der Waals surface area contributed by atoms with Crippen LogP contribution in [0.4, 0.5) is 0 Å². The van der Waals surface area contributed by atoms with E-state index >= 15 is 0 Å². The van der Waals surface area contributed by atoms with Gasteiger partial charge in [-0.15, -0.1) is 0 Å². The summed E-state index contributed by atoms with van der Waals surface area (Å²) in [6.45, 7) is 19.0. The van der Waals surface area contributed by atoms with Gasteiger partial charge in [-0.1, -0.05) is 32.9 Å². The van der Waals surface area contributed by atoms with Gasteiger partial charge in [0.05, 0.1) is 5.54 Å². The number of rotatable bonds is 10. The van der Waals surface area contributed by atoms with E-state index in [-0.39, 0.29) is 11.4 Å². The summed E-state index contributed by atoms with van der Waals surface area (Å²) in [4.78, 5) is 15.4. The summed E-state index contributed by atoms with van der Waals surface area (Å²) in [5, 5.41) is 7.23. The first-order chi connectivity index (χ1) is 11.7. The van der Waals surface area contributed by atoms with Gasteiger partial charge in [-0.2, -0.15) is 0 Å². The van der Waals surface area contributed by atoms with Crippen molar-refractivity contribution in [1.82, 2.24) is 15.4 Å². The van der Waals surface area contributed by atoms with E-state index in [9.17, 15) is 4.79 Å². The lowest BCUT2D eigenvalue weighted by Gasteiger charge is -2.51. The third kappa shape index (κ3) is 4.43. The molecule has 25 heavy (non-hydrogen) atoms. The van der Waals surface area contributed by atoms with Crippen molar-refractivity contribution in [3.05, 3.63) is 17.0 Å². The Morgan fingerprint density at radius 1 is 1.12 bits per heavy atom. The van der Waals surface area contributed by atoms with Crippen molar-refractivity contribution < 1.29 is 9.32 Å². The molecule has 0 aliphatic heterocycles. The van der Waals surface area contributed by atoms with Crippen molar-refractivity contribution in [2.75, 3.05) is 13.1 Å². The molecule has 0 bridgehead atoms. The number of carbonyl (C=O) groups is 1. The number of nitrogens with zero attached hydrogens (tertiary/aromatic N) is 2. The van der Waals surface area contributed by atoms with E-state index in [1.807, 2.05) is 13.8 Å².